The van der Waals surface area contributed by atoms with E-state index < -0.39 is 0 Å². The van der Waals surface area contributed by atoms with E-state index in [2.05, 4.69) is 52.4 Å². The lowest BCUT2D eigenvalue weighted by Gasteiger charge is -2.25. The van der Waals surface area contributed by atoms with Crippen LogP contribution in [0.2, 0.25) is 0 Å². The zero-order chi connectivity index (χ0) is 12.3. The third kappa shape index (κ3) is 3.09. The average molecular weight is 297 g/mol. The van der Waals surface area contributed by atoms with Crippen molar-refractivity contribution in [2.24, 2.45) is 11.7 Å². The van der Waals surface area contributed by atoms with Crippen LogP contribution in [0.5, 0.6) is 0 Å². The van der Waals surface area contributed by atoms with Crippen molar-refractivity contribution in [1.82, 2.24) is 5.32 Å². The first kappa shape index (κ1) is 13.1. The topological polar surface area (TPSA) is 38.0 Å². The van der Waals surface area contributed by atoms with Crippen LogP contribution in [0.1, 0.15) is 37.8 Å². The molecule has 1 fully saturated rings. The van der Waals surface area contributed by atoms with Gasteiger partial charge in [-0.25, -0.2) is 0 Å². The zero-order valence-electron chi connectivity index (χ0n) is 10.3. The molecular weight excluding hydrogens is 276 g/mol. The van der Waals surface area contributed by atoms with E-state index in [0.717, 1.165) is 6.54 Å². The number of hydrogen-bond donors (Lipinski definition) is 2. The highest BCUT2D eigenvalue weighted by Crippen LogP contribution is 2.29. The van der Waals surface area contributed by atoms with Crippen molar-refractivity contribution in [2.75, 3.05) is 6.54 Å². The maximum absolute atomic E-state index is 5.82. The fourth-order valence-corrected chi connectivity index (χ4v) is 3.40. The Hall–Kier alpha value is -0.380. The van der Waals surface area contributed by atoms with Gasteiger partial charge in [-0.1, -0.05) is 40.5 Å². The molecule has 2 unspecified atom stereocenters. The zero-order valence-corrected chi connectivity index (χ0v) is 11.9. The summed E-state index contributed by atoms with van der Waals surface area (Å²) in [5, 5.41) is 3.73. The second-order valence-electron chi connectivity index (χ2n) is 4.94. The summed E-state index contributed by atoms with van der Waals surface area (Å²) in [5.41, 5.74) is 7.15. The molecule has 17 heavy (non-hydrogen) atoms. The number of benzene rings is 1. The van der Waals surface area contributed by atoms with Crippen molar-refractivity contribution in [2.45, 2.75) is 38.3 Å². The predicted octanol–water partition coefficient (Wildman–Crippen LogP) is 3.23. The quantitative estimate of drug-likeness (QED) is 0.895. The first-order chi connectivity index (χ1) is 8.22. The van der Waals surface area contributed by atoms with Crippen LogP contribution in [0.25, 0.3) is 0 Å². The van der Waals surface area contributed by atoms with Crippen molar-refractivity contribution in [3.63, 3.8) is 0 Å². The minimum absolute atomic E-state index is 0.378. The Morgan fingerprint density at radius 2 is 2.18 bits per heavy atom. The summed E-state index contributed by atoms with van der Waals surface area (Å²) in [4.78, 5) is 0. The van der Waals surface area contributed by atoms with Gasteiger partial charge in [0.15, 0.2) is 0 Å². The van der Waals surface area contributed by atoms with Gasteiger partial charge in [0.25, 0.3) is 0 Å². The second-order valence-corrected chi connectivity index (χ2v) is 5.80. The third-order valence-corrected chi connectivity index (χ3v) is 4.52. The lowest BCUT2D eigenvalue weighted by molar-refractivity contribution is 0.373. The Bertz CT molecular complexity index is 367. The molecule has 94 valence electrons. The van der Waals surface area contributed by atoms with Gasteiger partial charge in [-0.15, -0.1) is 0 Å². The van der Waals surface area contributed by atoms with Gasteiger partial charge < -0.3 is 11.1 Å². The van der Waals surface area contributed by atoms with Gasteiger partial charge in [-0.2, -0.15) is 0 Å². The molecule has 3 heteroatoms. The summed E-state index contributed by atoms with van der Waals surface area (Å²) in [5.74, 6) is 0.653. The molecule has 0 aromatic heterocycles. The van der Waals surface area contributed by atoms with Gasteiger partial charge in [0.1, 0.15) is 0 Å². The summed E-state index contributed by atoms with van der Waals surface area (Å²) >= 11 is 3.61. The normalized spacial score (nSPS) is 26.1. The molecule has 1 aromatic rings. The molecule has 0 bridgehead atoms. The molecule has 2 nitrogen and oxygen atoms in total. The van der Waals surface area contributed by atoms with E-state index >= 15 is 0 Å². The van der Waals surface area contributed by atoms with Crippen LogP contribution >= 0.6 is 15.9 Å². The van der Waals surface area contributed by atoms with Gasteiger partial charge >= 0.3 is 0 Å². The maximum atomic E-state index is 5.82. The molecule has 1 saturated carbocycles. The molecule has 0 spiro atoms. The molecule has 0 radical (unpaired) electrons. The molecule has 3 atom stereocenters. The van der Waals surface area contributed by atoms with Gasteiger partial charge in [0, 0.05) is 16.6 Å². The van der Waals surface area contributed by atoms with Gasteiger partial charge in [-0.3, -0.25) is 0 Å². The number of rotatable bonds is 4. The molecule has 0 amide bonds. The highest BCUT2D eigenvalue weighted by molar-refractivity contribution is 9.10. The Morgan fingerprint density at radius 1 is 1.41 bits per heavy atom. The number of nitrogens with two attached hydrogens (primary N) is 1. The summed E-state index contributed by atoms with van der Waals surface area (Å²) in [6.07, 6.45) is 3.84. The number of halogens is 1. The van der Waals surface area contributed by atoms with Crippen molar-refractivity contribution in [1.29, 1.82) is 0 Å². The van der Waals surface area contributed by atoms with Crippen LogP contribution in [0.15, 0.2) is 28.7 Å². The summed E-state index contributed by atoms with van der Waals surface area (Å²) in [7, 11) is 0. The molecule has 3 N–H and O–H groups in total. The average Bonchev–Trinajstić information content (AvgIpc) is 2.76. The standard InChI is InChI=1S/C14H21BrN2/c1-10(12-6-2-3-7-13(12)15)17-14-8-4-5-11(14)9-16/h2-3,6-7,10-11,14,17H,4-5,8-9,16H2,1H3/t10-,11?,14?/m0/s1. The Labute approximate surface area is 112 Å². The molecular formula is C14H21BrN2. The molecule has 0 saturated heterocycles. The van der Waals surface area contributed by atoms with Gasteiger partial charge in [0.05, 0.1) is 0 Å². The molecule has 2 rings (SSSR count). The van der Waals surface area contributed by atoms with E-state index in [-0.39, 0.29) is 0 Å². The van der Waals surface area contributed by atoms with Crippen LogP contribution in [0.3, 0.4) is 0 Å². The summed E-state index contributed by atoms with van der Waals surface area (Å²) < 4.78 is 1.18. The van der Waals surface area contributed by atoms with Crippen LogP contribution in [0.4, 0.5) is 0 Å². The monoisotopic (exact) mass is 296 g/mol. The summed E-state index contributed by atoms with van der Waals surface area (Å²) in [6, 6.07) is 9.38. The largest absolute Gasteiger partial charge is 0.330 e. The van der Waals surface area contributed by atoms with Crippen LogP contribution < -0.4 is 11.1 Å². The molecule has 0 aliphatic heterocycles. The first-order valence-corrected chi connectivity index (χ1v) is 7.22. The Kier molecular flexibility index (Phi) is 4.60. The fourth-order valence-electron chi connectivity index (χ4n) is 2.78. The van der Waals surface area contributed by atoms with E-state index in [9.17, 15) is 0 Å². The third-order valence-electron chi connectivity index (χ3n) is 3.80. The lowest BCUT2D eigenvalue weighted by atomic mass is 10.0. The van der Waals surface area contributed by atoms with E-state index in [1.54, 1.807) is 0 Å². The van der Waals surface area contributed by atoms with Crippen molar-refractivity contribution >= 4 is 15.9 Å². The van der Waals surface area contributed by atoms with Crippen LogP contribution in [0, 0.1) is 5.92 Å². The highest BCUT2D eigenvalue weighted by Gasteiger charge is 2.27. The minimum atomic E-state index is 0.378. The highest BCUT2D eigenvalue weighted by atomic mass is 79.9. The van der Waals surface area contributed by atoms with Crippen molar-refractivity contribution in [3.8, 4) is 0 Å². The molecule has 1 aromatic carbocycles. The predicted molar refractivity (Wildman–Crippen MR) is 75.9 cm³/mol. The lowest BCUT2D eigenvalue weighted by Crippen LogP contribution is -2.37. The summed E-state index contributed by atoms with van der Waals surface area (Å²) in [6.45, 7) is 3.03. The van der Waals surface area contributed by atoms with E-state index in [1.165, 1.54) is 29.3 Å². The fraction of sp³-hybridized carbons (Fsp3) is 0.571. The van der Waals surface area contributed by atoms with Crippen molar-refractivity contribution < 1.29 is 0 Å². The molecule has 1 aliphatic rings. The van der Waals surface area contributed by atoms with E-state index in [4.69, 9.17) is 5.73 Å². The van der Waals surface area contributed by atoms with Crippen molar-refractivity contribution in [3.05, 3.63) is 34.3 Å². The Balaban J connectivity index is 2.01. The first-order valence-electron chi connectivity index (χ1n) is 6.43. The number of nitrogens with one attached hydrogen (secondary N) is 1. The molecule has 1 aliphatic carbocycles. The van der Waals surface area contributed by atoms with Gasteiger partial charge in [0.2, 0.25) is 0 Å². The van der Waals surface area contributed by atoms with E-state index in [1.807, 2.05) is 0 Å². The Morgan fingerprint density at radius 3 is 2.88 bits per heavy atom. The van der Waals surface area contributed by atoms with Crippen LogP contribution in [-0.2, 0) is 0 Å². The van der Waals surface area contributed by atoms with Crippen LogP contribution in [-0.4, -0.2) is 12.6 Å². The van der Waals surface area contributed by atoms with Gasteiger partial charge in [-0.05, 0) is 43.9 Å². The van der Waals surface area contributed by atoms with E-state index in [0.29, 0.717) is 18.0 Å². The minimum Gasteiger partial charge on any atom is -0.330 e. The SMILES string of the molecule is C[C@H](NC1CCCC1CN)c1ccccc1Br. The smallest absolute Gasteiger partial charge is 0.0305 e. The number of hydrogen-bond acceptors (Lipinski definition) is 2. The second kappa shape index (κ2) is 5.98. The maximum Gasteiger partial charge on any atom is 0.0305 e. The molecule has 0 heterocycles.